The van der Waals surface area contributed by atoms with Gasteiger partial charge >= 0.3 is 0 Å². The Bertz CT molecular complexity index is 1820. The van der Waals surface area contributed by atoms with Crippen LogP contribution in [-0.4, -0.2) is 66.5 Å². The van der Waals surface area contributed by atoms with Crippen LogP contribution in [-0.2, 0) is 6.54 Å². The Labute approximate surface area is 268 Å². The molecular formula is C36H40FN7O2. The highest BCUT2D eigenvalue weighted by atomic mass is 19.1. The lowest BCUT2D eigenvalue weighted by Crippen LogP contribution is -2.47. The van der Waals surface area contributed by atoms with E-state index in [4.69, 9.17) is 0 Å². The summed E-state index contributed by atoms with van der Waals surface area (Å²) in [7, 11) is 2.14. The van der Waals surface area contributed by atoms with Crippen LogP contribution in [0.4, 0.5) is 21.6 Å². The fraction of sp³-hybridized carbons (Fsp3) is 0.417. The van der Waals surface area contributed by atoms with Gasteiger partial charge in [-0.1, -0.05) is 6.07 Å². The number of fused-ring (bicyclic) bond motifs is 2. The molecule has 6 heterocycles. The van der Waals surface area contributed by atoms with E-state index in [1.165, 1.54) is 18.2 Å². The first-order valence-corrected chi connectivity index (χ1v) is 16.6. The average molecular weight is 622 g/mol. The molecule has 3 fully saturated rings. The molecule has 0 aliphatic carbocycles. The monoisotopic (exact) mass is 621 g/mol. The van der Waals surface area contributed by atoms with Gasteiger partial charge in [-0.2, -0.15) is 0 Å². The van der Waals surface area contributed by atoms with Crippen LogP contribution in [0.5, 0.6) is 0 Å². The van der Waals surface area contributed by atoms with Gasteiger partial charge in [-0.05, 0) is 93.9 Å². The summed E-state index contributed by atoms with van der Waals surface area (Å²) in [6.45, 7) is 5.38. The second-order valence-corrected chi connectivity index (χ2v) is 13.6. The maximum Gasteiger partial charge on any atom is 0.259 e. The van der Waals surface area contributed by atoms with Crippen molar-refractivity contribution in [2.75, 3.05) is 54.9 Å². The molecular weight excluding hydrogens is 581 g/mol. The summed E-state index contributed by atoms with van der Waals surface area (Å²) < 4.78 is 15.3. The maximum absolute atomic E-state index is 15.3. The van der Waals surface area contributed by atoms with Crippen LogP contribution in [0.2, 0.25) is 0 Å². The van der Waals surface area contributed by atoms with Gasteiger partial charge in [-0.25, -0.2) is 9.37 Å². The molecule has 4 aliphatic rings. The van der Waals surface area contributed by atoms with E-state index >= 15 is 4.39 Å². The summed E-state index contributed by atoms with van der Waals surface area (Å²) in [5.41, 5.74) is 6.28. The summed E-state index contributed by atoms with van der Waals surface area (Å²) >= 11 is 0. The molecule has 8 rings (SSSR count). The maximum atomic E-state index is 15.3. The number of H-pyrrole nitrogens is 1. The Morgan fingerprint density at radius 3 is 2.52 bits per heavy atom. The molecule has 10 heteroatoms. The van der Waals surface area contributed by atoms with Crippen LogP contribution in [0.15, 0.2) is 54.7 Å². The molecule has 3 N–H and O–H groups in total. The number of carbonyl (C=O) groups excluding carboxylic acids is 2. The van der Waals surface area contributed by atoms with Crippen molar-refractivity contribution in [2.45, 2.75) is 51.1 Å². The minimum atomic E-state index is -0.528. The molecule has 2 aromatic heterocycles. The molecule has 238 valence electrons. The Hall–Kier alpha value is -4.44. The smallest absolute Gasteiger partial charge is 0.259 e. The Morgan fingerprint density at radius 2 is 1.78 bits per heavy atom. The zero-order chi connectivity index (χ0) is 31.4. The zero-order valence-corrected chi connectivity index (χ0v) is 26.2. The van der Waals surface area contributed by atoms with Crippen LogP contribution < -0.4 is 20.4 Å². The molecule has 4 aromatic rings. The van der Waals surface area contributed by atoms with Crippen molar-refractivity contribution in [1.82, 2.24) is 20.2 Å². The van der Waals surface area contributed by atoms with Gasteiger partial charge in [0, 0.05) is 84.6 Å². The van der Waals surface area contributed by atoms with Crippen molar-refractivity contribution >= 4 is 39.9 Å². The van der Waals surface area contributed by atoms with Crippen LogP contribution in [0.25, 0.3) is 10.9 Å². The van der Waals surface area contributed by atoms with Crippen molar-refractivity contribution < 1.29 is 14.0 Å². The summed E-state index contributed by atoms with van der Waals surface area (Å²) in [6.07, 6.45) is 8.39. The highest BCUT2D eigenvalue weighted by Gasteiger charge is 2.38. The van der Waals surface area contributed by atoms with Gasteiger partial charge in [0.2, 0.25) is 0 Å². The zero-order valence-electron chi connectivity index (χ0n) is 26.2. The lowest BCUT2D eigenvalue weighted by molar-refractivity contribution is 0.0964. The number of carbonyl (C=O) groups is 2. The predicted molar refractivity (Wildman–Crippen MR) is 178 cm³/mol. The van der Waals surface area contributed by atoms with Crippen molar-refractivity contribution in [3.63, 3.8) is 0 Å². The Morgan fingerprint density at radius 1 is 1.00 bits per heavy atom. The number of benzene rings is 2. The number of aromatic amines is 1. The fourth-order valence-electron chi connectivity index (χ4n) is 8.16. The molecule has 2 aromatic carbocycles. The van der Waals surface area contributed by atoms with E-state index in [0.29, 0.717) is 23.8 Å². The molecule has 4 aliphatic heterocycles. The molecule has 3 saturated heterocycles. The van der Waals surface area contributed by atoms with Gasteiger partial charge in [0.25, 0.3) is 11.8 Å². The van der Waals surface area contributed by atoms with Gasteiger partial charge in [0.15, 0.2) is 0 Å². The second kappa shape index (κ2) is 11.4. The summed E-state index contributed by atoms with van der Waals surface area (Å²) in [4.78, 5) is 40.2. The molecule has 9 nitrogen and oxygen atoms in total. The SMILES string of the molecule is CN1CCCC1c1cc2cnc(NC(=O)c3ccc(N4CCC5(CC4)CCN(c4cccc6c4CNC6=O)CC5)cc3F)cc2[nH]1. The number of hydrogen-bond donors (Lipinski definition) is 3. The van der Waals surface area contributed by atoms with E-state index in [1.807, 2.05) is 24.3 Å². The summed E-state index contributed by atoms with van der Waals surface area (Å²) in [5.74, 6) is -0.620. The van der Waals surface area contributed by atoms with E-state index in [-0.39, 0.29) is 11.5 Å². The van der Waals surface area contributed by atoms with Gasteiger partial charge in [0.1, 0.15) is 11.6 Å². The van der Waals surface area contributed by atoms with Crippen LogP contribution in [0.3, 0.4) is 0 Å². The van der Waals surface area contributed by atoms with Crippen molar-refractivity contribution in [3.8, 4) is 0 Å². The second-order valence-electron chi connectivity index (χ2n) is 13.6. The summed E-state index contributed by atoms with van der Waals surface area (Å²) in [6, 6.07) is 15.3. The number of piperidine rings is 2. The van der Waals surface area contributed by atoms with Crippen molar-refractivity contribution in [1.29, 1.82) is 0 Å². The normalized spacial score (nSPS) is 21.2. The number of rotatable bonds is 5. The standard InChI is InChI=1S/C36H40FN7O2/c1-42-13-3-6-32(42)30-18-23-21-38-33(20-29(23)40-30)41-35(46)26-8-7-24(19-28(26)37)43-14-9-36(10-15-43)11-16-44(17-12-36)31-5-2-4-25-27(31)22-39-34(25)45/h2,4-5,7-8,18-21,32,40H,3,6,9-17,22H2,1H3,(H,39,45)(H,38,41,46). The molecule has 46 heavy (non-hydrogen) atoms. The third-order valence-corrected chi connectivity index (χ3v) is 11.0. The molecule has 0 bridgehead atoms. The van der Waals surface area contributed by atoms with Crippen molar-refractivity contribution in [2.24, 2.45) is 5.41 Å². The van der Waals surface area contributed by atoms with E-state index in [9.17, 15) is 9.59 Å². The number of halogens is 1. The Kier molecular flexibility index (Phi) is 7.20. The number of amides is 2. The predicted octanol–water partition coefficient (Wildman–Crippen LogP) is 5.85. The van der Waals surface area contributed by atoms with E-state index in [1.54, 1.807) is 12.3 Å². The van der Waals surface area contributed by atoms with Gasteiger partial charge in [-0.3, -0.25) is 14.5 Å². The quantitative estimate of drug-likeness (QED) is 0.259. The number of nitrogens with zero attached hydrogens (tertiary/aromatic N) is 4. The lowest BCUT2D eigenvalue weighted by atomic mass is 9.71. The number of nitrogens with one attached hydrogen (secondary N) is 3. The van der Waals surface area contributed by atoms with Gasteiger partial charge in [-0.15, -0.1) is 0 Å². The van der Waals surface area contributed by atoms with Crippen molar-refractivity contribution in [3.05, 3.63) is 82.9 Å². The van der Waals surface area contributed by atoms with Crippen LogP contribution in [0.1, 0.15) is 76.5 Å². The number of pyridine rings is 1. The minimum absolute atomic E-state index is 0.00977. The minimum Gasteiger partial charge on any atom is -0.371 e. The third-order valence-electron chi connectivity index (χ3n) is 11.0. The number of aromatic nitrogens is 2. The molecule has 1 spiro atoms. The first kappa shape index (κ1) is 29.0. The van der Waals surface area contributed by atoms with E-state index < -0.39 is 11.7 Å². The van der Waals surface area contributed by atoms with Gasteiger partial charge in [0.05, 0.1) is 11.1 Å². The highest BCUT2D eigenvalue weighted by molar-refractivity contribution is 6.05. The largest absolute Gasteiger partial charge is 0.371 e. The molecule has 1 unspecified atom stereocenters. The lowest BCUT2D eigenvalue weighted by Gasteiger charge is -2.48. The van der Waals surface area contributed by atoms with E-state index in [0.717, 1.165) is 98.2 Å². The van der Waals surface area contributed by atoms with Crippen LogP contribution in [0, 0.1) is 11.2 Å². The fourth-order valence-corrected chi connectivity index (χ4v) is 8.16. The highest BCUT2D eigenvalue weighted by Crippen LogP contribution is 2.44. The summed E-state index contributed by atoms with van der Waals surface area (Å²) in [5, 5.41) is 6.74. The Balaban J connectivity index is 0.883. The first-order chi connectivity index (χ1) is 22.4. The molecule has 0 radical (unpaired) electrons. The topological polar surface area (TPSA) is 96.6 Å². The third kappa shape index (κ3) is 5.18. The number of anilines is 3. The average Bonchev–Trinajstić information content (AvgIpc) is 3.79. The van der Waals surface area contributed by atoms with Crippen LogP contribution >= 0.6 is 0 Å². The first-order valence-electron chi connectivity index (χ1n) is 16.6. The molecule has 0 saturated carbocycles. The molecule has 2 amide bonds. The molecule has 1 atom stereocenters. The number of likely N-dealkylation sites (tertiary alicyclic amines) is 1. The number of hydrogen-bond acceptors (Lipinski definition) is 6. The van der Waals surface area contributed by atoms with E-state index in [2.05, 4.69) is 54.5 Å². The van der Waals surface area contributed by atoms with Gasteiger partial charge < -0.3 is 25.4 Å².